The molecule has 0 aliphatic carbocycles. The number of nitrogens with one attached hydrogen (secondary N) is 1. The van der Waals surface area contributed by atoms with Crippen LogP contribution in [0.1, 0.15) is 0 Å². The van der Waals surface area contributed by atoms with Crippen LogP contribution in [0.5, 0.6) is 0 Å². The van der Waals surface area contributed by atoms with Gasteiger partial charge < -0.3 is 15.1 Å². The number of anilines is 3. The van der Waals surface area contributed by atoms with E-state index in [1.807, 2.05) is 36.5 Å². The fourth-order valence-corrected chi connectivity index (χ4v) is 4.64. The molecule has 162 valence electrons. The average Bonchev–Trinajstić information content (AvgIpc) is 2.80. The van der Waals surface area contributed by atoms with Gasteiger partial charge in [0.1, 0.15) is 0 Å². The summed E-state index contributed by atoms with van der Waals surface area (Å²) in [4.78, 5) is 9.34. The lowest BCUT2D eigenvalue weighted by Crippen LogP contribution is -2.44. The molecule has 0 amide bonds. The zero-order valence-electron chi connectivity index (χ0n) is 17.9. The molecule has 2 heterocycles. The number of hydrogen-bond donors (Lipinski definition) is 1. The van der Waals surface area contributed by atoms with E-state index in [1.54, 1.807) is 6.07 Å². The standard InChI is InChI=1S/C26H24Cl2N4/c1-31-12-14-32(15-13-31)21-6-4-20(5-7-21)30-26-10-11-29-25-9-2-18(16-23(25)26)22-8-3-19(27)17-24(22)28/h2-11,16-17H,12-15H2,1H3,(H,29,30). The van der Waals surface area contributed by atoms with Gasteiger partial charge in [-0.15, -0.1) is 0 Å². The summed E-state index contributed by atoms with van der Waals surface area (Å²) in [5.74, 6) is 0. The molecule has 5 rings (SSSR count). The first kappa shape index (κ1) is 21.1. The Balaban J connectivity index is 1.42. The monoisotopic (exact) mass is 462 g/mol. The first-order valence-corrected chi connectivity index (χ1v) is 11.5. The molecule has 1 saturated heterocycles. The number of likely N-dealkylation sites (N-methyl/N-ethyl adjacent to an activating group) is 1. The van der Waals surface area contributed by atoms with Crippen LogP contribution in [0.15, 0.2) is 72.9 Å². The summed E-state index contributed by atoms with van der Waals surface area (Å²) in [5, 5.41) is 5.87. The minimum absolute atomic E-state index is 0.628. The molecule has 1 fully saturated rings. The van der Waals surface area contributed by atoms with Crippen molar-refractivity contribution in [3.05, 3.63) is 83.0 Å². The lowest BCUT2D eigenvalue weighted by molar-refractivity contribution is 0.313. The van der Waals surface area contributed by atoms with Gasteiger partial charge in [0.05, 0.1) is 5.52 Å². The van der Waals surface area contributed by atoms with Crippen LogP contribution in [-0.2, 0) is 0 Å². The molecular weight excluding hydrogens is 439 g/mol. The molecule has 4 nitrogen and oxygen atoms in total. The third-order valence-corrected chi connectivity index (χ3v) is 6.55. The molecule has 3 aromatic carbocycles. The Morgan fingerprint density at radius 2 is 1.62 bits per heavy atom. The van der Waals surface area contributed by atoms with Crippen molar-refractivity contribution >= 4 is 51.2 Å². The second-order valence-electron chi connectivity index (χ2n) is 8.18. The highest BCUT2D eigenvalue weighted by Crippen LogP contribution is 2.34. The van der Waals surface area contributed by atoms with Crippen molar-refractivity contribution in [2.45, 2.75) is 0 Å². The number of benzene rings is 3. The van der Waals surface area contributed by atoms with Crippen molar-refractivity contribution in [1.82, 2.24) is 9.88 Å². The maximum atomic E-state index is 6.45. The highest BCUT2D eigenvalue weighted by Gasteiger charge is 2.14. The SMILES string of the molecule is CN1CCN(c2ccc(Nc3ccnc4ccc(-c5ccc(Cl)cc5Cl)cc34)cc2)CC1. The summed E-state index contributed by atoms with van der Waals surface area (Å²) in [6.07, 6.45) is 1.83. The first-order chi connectivity index (χ1) is 15.6. The van der Waals surface area contributed by atoms with Crippen LogP contribution in [0.3, 0.4) is 0 Å². The van der Waals surface area contributed by atoms with Crippen LogP contribution in [-0.4, -0.2) is 43.1 Å². The molecule has 0 spiro atoms. The summed E-state index contributed by atoms with van der Waals surface area (Å²) >= 11 is 12.5. The Labute approximate surface area is 198 Å². The van der Waals surface area contributed by atoms with Gasteiger partial charge in [-0.25, -0.2) is 0 Å². The van der Waals surface area contributed by atoms with E-state index in [0.717, 1.165) is 59.6 Å². The maximum Gasteiger partial charge on any atom is 0.0723 e. The molecule has 1 aromatic heterocycles. The van der Waals surface area contributed by atoms with E-state index < -0.39 is 0 Å². The van der Waals surface area contributed by atoms with Crippen molar-refractivity contribution in [2.24, 2.45) is 0 Å². The second-order valence-corrected chi connectivity index (χ2v) is 9.02. The molecule has 1 N–H and O–H groups in total. The zero-order valence-corrected chi connectivity index (χ0v) is 19.4. The van der Waals surface area contributed by atoms with Gasteiger partial charge in [0.25, 0.3) is 0 Å². The molecule has 1 aliphatic heterocycles. The van der Waals surface area contributed by atoms with Crippen molar-refractivity contribution in [1.29, 1.82) is 0 Å². The first-order valence-electron chi connectivity index (χ1n) is 10.7. The van der Waals surface area contributed by atoms with Gasteiger partial charge >= 0.3 is 0 Å². The summed E-state index contributed by atoms with van der Waals surface area (Å²) < 4.78 is 0. The number of halogens is 2. The van der Waals surface area contributed by atoms with Gasteiger partial charge in [-0.2, -0.15) is 0 Å². The maximum absolute atomic E-state index is 6.45. The third-order valence-electron chi connectivity index (χ3n) is 6.00. The fraction of sp³-hybridized carbons (Fsp3) is 0.192. The summed E-state index contributed by atoms with van der Waals surface area (Å²) in [5.41, 5.74) is 6.23. The zero-order chi connectivity index (χ0) is 22.1. The Bertz CT molecular complexity index is 1250. The molecule has 0 atom stereocenters. The molecule has 6 heteroatoms. The van der Waals surface area contributed by atoms with E-state index in [2.05, 4.69) is 57.5 Å². The van der Waals surface area contributed by atoms with Crippen molar-refractivity contribution in [3.63, 3.8) is 0 Å². The van der Waals surface area contributed by atoms with Crippen LogP contribution in [0.2, 0.25) is 10.0 Å². The fourth-order valence-electron chi connectivity index (χ4n) is 4.12. The van der Waals surface area contributed by atoms with Gasteiger partial charge in [0.15, 0.2) is 0 Å². The number of hydrogen-bond acceptors (Lipinski definition) is 4. The predicted molar refractivity (Wildman–Crippen MR) is 137 cm³/mol. The number of rotatable bonds is 4. The molecular formula is C26H24Cl2N4. The van der Waals surface area contributed by atoms with E-state index in [4.69, 9.17) is 23.2 Å². The molecule has 0 radical (unpaired) electrons. The topological polar surface area (TPSA) is 31.4 Å². The average molecular weight is 463 g/mol. The minimum atomic E-state index is 0.628. The molecule has 0 saturated carbocycles. The van der Waals surface area contributed by atoms with Crippen LogP contribution < -0.4 is 10.2 Å². The Morgan fingerprint density at radius 1 is 0.844 bits per heavy atom. The molecule has 32 heavy (non-hydrogen) atoms. The summed E-state index contributed by atoms with van der Waals surface area (Å²) in [7, 11) is 2.18. The highest BCUT2D eigenvalue weighted by atomic mass is 35.5. The van der Waals surface area contributed by atoms with Crippen molar-refractivity contribution < 1.29 is 0 Å². The molecule has 1 aliphatic rings. The smallest absolute Gasteiger partial charge is 0.0723 e. The summed E-state index contributed by atoms with van der Waals surface area (Å²) in [6, 6.07) is 22.4. The van der Waals surface area contributed by atoms with Gasteiger partial charge in [0, 0.05) is 70.4 Å². The number of pyridine rings is 1. The minimum Gasteiger partial charge on any atom is -0.369 e. The van der Waals surface area contributed by atoms with Crippen molar-refractivity contribution in [3.8, 4) is 11.1 Å². The quantitative estimate of drug-likeness (QED) is 0.365. The number of nitrogens with zero attached hydrogens (tertiary/aromatic N) is 3. The van der Waals surface area contributed by atoms with Crippen LogP contribution in [0.25, 0.3) is 22.0 Å². The van der Waals surface area contributed by atoms with E-state index in [-0.39, 0.29) is 0 Å². The number of aromatic nitrogens is 1. The predicted octanol–water partition coefficient (Wildman–Crippen LogP) is 6.70. The van der Waals surface area contributed by atoms with Gasteiger partial charge in [0.2, 0.25) is 0 Å². The van der Waals surface area contributed by atoms with Gasteiger partial charge in [-0.3, -0.25) is 4.98 Å². The third kappa shape index (κ3) is 4.40. The van der Waals surface area contributed by atoms with E-state index in [0.29, 0.717) is 10.0 Å². The van der Waals surface area contributed by atoms with Crippen LogP contribution >= 0.6 is 23.2 Å². The van der Waals surface area contributed by atoms with E-state index in [1.165, 1.54) is 5.69 Å². The normalized spacial score (nSPS) is 14.7. The van der Waals surface area contributed by atoms with E-state index >= 15 is 0 Å². The molecule has 0 bridgehead atoms. The highest BCUT2D eigenvalue weighted by molar-refractivity contribution is 6.36. The Kier molecular flexibility index (Phi) is 5.92. The Hall–Kier alpha value is -2.79. The van der Waals surface area contributed by atoms with Crippen LogP contribution in [0.4, 0.5) is 17.1 Å². The van der Waals surface area contributed by atoms with E-state index in [9.17, 15) is 0 Å². The Morgan fingerprint density at radius 3 is 2.38 bits per heavy atom. The van der Waals surface area contributed by atoms with Gasteiger partial charge in [-0.1, -0.05) is 35.3 Å². The number of fused-ring (bicyclic) bond motifs is 1. The molecule has 0 unspecified atom stereocenters. The largest absolute Gasteiger partial charge is 0.369 e. The van der Waals surface area contributed by atoms with Crippen LogP contribution in [0, 0.1) is 0 Å². The summed E-state index contributed by atoms with van der Waals surface area (Å²) in [6.45, 7) is 4.33. The lowest BCUT2D eigenvalue weighted by Gasteiger charge is -2.34. The number of piperazine rings is 1. The van der Waals surface area contributed by atoms with Gasteiger partial charge in [-0.05, 0) is 67.2 Å². The molecule has 4 aromatic rings. The second kappa shape index (κ2) is 8.99. The van der Waals surface area contributed by atoms with Crippen molar-refractivity contribution in [2.75, 3.05) is 43.4 Å². The lowest BCUT2D eigenvalue weighted by atomic mass is 10.0.